The number of hydrogen-bond acceptors (Lipinski definition) is 1. The summed E-state index contributed by atoms with van der Waals surface area (Å²) in [6.07, 6.45) is 3.06. The molecule has 0 atom stereocenters. The fourth-order valence-corrected chi connectivity index (χ4v) is 0.0340. The molecule has 0 bridgehead atoms. The zero-order valence-corrected chi connectivity index (χ0v) is 2.06. The van der Waals surface area contributed by atoms with Crippen molar-refractivity contribution in [2.45, 2.75) is 0 Å². The number of rotatable bonds is 0. The van der Waals surface area contributed by atoms with Crippen LogP contribution in [0.5, 0.6) is 0 Å². The maximum Gasteiger partial charge on any atom is 0.153 e. The van der Waals surface area contributed by atoms with Crippen LogP contribution in [0.15, 0.2) is 12.4 Å². The molecule has 2 heteroatoms. The molecule has 0 aliphatic carbocycles. The molecule has 1 rings (SSSR count). The van der Waals surface area contributed by atoms with E-state index in [-0.39, 0.29) is 5.06 Å². The Morgan fingerprint density at radius 3 is 1.75 bits per heavy atom. The highest BCUT2D eigenvalue weighted by molar-refractivity contribution is 4.72. The van der Waals surface area contributed by atoms with Crippen molar-refractivity contribution < 1.29 is 5.06 Å². The van der Waals surface area contributed by atoms with Gasteiger partial charge in [-0.15, -0.1) is 0 Å². The average Bonchev–Trinajstić information content (AvgIpc) is 1.75. The van der Waals surface area contributed by atoms with Crippen LogP contribution in [0.4, 0.5) is 0 Å². The first-order chi connectivity index (χ1) is 1.89. The molecule has 4 heavy (non-hydrogen) atoms. The third kappa shape index (κ3) is 0.102. The largest absolute Gasteiger partial charge is 0.624 e. The Labute approximate surface area is 23.9 Å². The van der Waals surface area contributed by atoms with E-state index in [1.807, 2.05) is 0 Å². The molecule has 0 aromatic heterocycles. The van der Waals surface area contributed by atoms with Crippen LogP contribution in [0.2, 0.25) is 0 Å². The minimum absolute atomic E-state index is 0.167. The SMILES string of the molecule is [O-][NH+]1C=C1. The number of hydroxylamine groups is 2. The Morgan fingerprint density at radius 2 is 1.75 bits per heavy atom. The minimum atomic E-state index is 0.167. The molecule has 0 amide bonds. The Kier molecular flexibility index (Phi) is 0.163. The van der Waals surface area contributed by atoms with Crippen LogP contribution >= 0.6 is 0 Å². The average molecular weight is 57.1 g/mol. The lowest BCUT2D eigenvalue weighted by molar-refractivity contribution is -0.658. The van der Waals surface area contributed by atoms with Crippen LogP contribution in [-0.4, -0.2) is 0 Å². The van der Waals surface area contributed by atoms with E-state index in [4.69, 9.17) is 0 Å². The van der Waals surface area contributed by atoms with E-state index < -0.39 is 0 Å². The lowest BCUT2D eigenvalue weighted by atomic mass is 11.3. The summed E-state index contributed by atoms with van der Waals surface area (Å²) >= 11 is 0. The van der Waals surface area contributed by atoms with Crippen molar-refractivity contribution in [1.82, 2.24) is 0 Å². The molecule has 1 N–H and O–H groups in total. The normalized spacial score (nSPS) is 22.2. The van der Waals surface area contributed by atoms with Crippen molar-refractivity contribution in [2.24, 2.45) is 0 Å². The predicted octanol–water partition coefficient (Wildman–Crippen LogP) is -1.15. The van der Waals surface area contributed by atoms with Gasteiger partial charge >= 0.3 is 0 Å². The van der Waals surface area contributed by atoms with Crippen molar-refractivity contribution in [2.75, 3.05) is 0 Å². The van der Waals surface area contributed by atoms with Gasteiger partial charge in [0.15, 0.2) is 12.4 Å². The van der Waals surface area contributed by atoms with Gasteiger partial charge in [0, 0.05) is 0 Å². The van der Waals surface area contributed by atoms with Crippen LogP contribution in [0.25, 0.3) is 0 Å². The number of hydrogen-bond donors (Lipinski definition) is 1. The zero-order valence-electron chi connectivity index (χ0n) is 2.06. The van der Waals surface area contributed by atoms with Crippen molar-refractivity contribution in [3.63, 3.8) is 0 Å². The van der Waals surface area contributed by atoms with Gasteiger partial charge < -0.3 is 10.3 Å². The summed E-state index contributed by atoms with van der Waals surface area (Å²) in [6.45, 7) is 0. The summed E-state index contributed by atoms with van der Waals surface area (Å²) in [6, 6.07) is 0. The van der Waals surface area contributed by atoms with Crippen molar-refractivity contribution in [3.05, 3.63) is 17.6 Å². The second kappa shape index (κ2) is 0.338. The molecule has 0 radical (unpaired) electrons. The molecule has 0 unspecified atom stereocenters. The summed E-state index contributed by atoms with van der Waals surface area (Å²) in [5.41, 5.74) is 0. The lowest BCUT2D eigenvalue weighted by Gasteiger charge is -1.86. The first kappa shape index (κ1) is 1.93. The fourth-order valence-electron chi connectivity index (χ4n) is 0.0340. The van der Waals surface area contributed by atoms with Crippen LogP contribution in [0.3, 0.4) is 0 Å². The van der Waals surface area contributed by atoms with Gasteiger partial charge in [-0.05, 0) is 0 Å². The fraction of sp³-hybridized carbons (Fsp3) is 0. The Bertz CT molecular complexity index is 44.0. The smallest absolute Gasteiger partial charge is 0.153 e. The summed E-state index contributed by atoms with van der Waals surface area (Å²) in [4.78, 5) is 0. The van der Waals surface area contributed by atoms with Gasteiger partial charge in [-0.3, -0.25) is 0 Å². The third-order valence-electron chi connectivity index (χ3n) is 0.303. The molecular weight excluding hydrogens is 54.0 g/mol. The number of nitrogens with one attached hydrogen (secondary N) is 1. The molecule has 1 aliphatic rings. The molecule has 0 spiro atoms. The summed E-state index contributed by atoms with van der Waals surface area (Å²) in [5, 5.41) is 9.61. The van der Waals surface area contributed by atoms with E-state index in [2.05, 4.69) is 0 Å². The standard InChI is InChI=1S/C2H3NO/c4-3-1-2-3/h1-3H. The topological polar surface area (TPSA) is 27.5 Å². The van der Waals surface area contributed by atoms with Gasteiger partial charge in [0.2, 0.25) is 0 Å². The highest BCUT2D eigenvalue weighted by atomic mass is 16.5. The molecule has 0 aromatic rings. The first-order valence-corrected chi connectivity index (χ1v) is 1.11. The van der Waals surface area contributed by atoms with Gasteiger partial charge in [0.1, 0.15) is 0 Å². The zero-order chi connectivity index (χ0) is 2.99. The number of quaternary nitrogens is 1. The van der Waals surface area contributed by atoms with Crippen LogP contribution < -0.4 is 5.06 Å². The van der Waals surface area contributed by atoms with Gasteiger partial charge in [-0.1, -0.05) is 0 Å². The Morgan fingerprint density at radius 1 is 1.50 bits per heavy atom. The van der Waals surface area contributed by atoms with Gasteiger partial charge in [0.05, 0.1) is 0 Å². The van der Waals surface area contributed by atoms with Crippen LogP contribution in [-0.2, 0) is 0 Å². The maximum atomic E-state index is 9.44. The molecule has 1 heterocycles. The molecular formula is C2H3NO. The van der Waals surface area contributed by atoms with Crippen molar-refractivity contribution >= 4 is 0 Å². The monoisotopic (exact) mass is 57.0 g/mol. The van der Waals surface area contributed by atoms with Gasteiger partial charge in [0.25, 0.3) is 0 Å². The lowest BCUT2D eigenvalue weighted by Crippen LogP contribution is -2.84. The molecule has 2 nitrogen and oxygen atoms in total. The third-order valence-corrected chi connectivity index (χ3v) is 0.303. The molecule has 0 saturated carbocycles. The van der Waals surface area contributed by atoms with E-state index in [1.54, 1.807) is 0 Å². The Hall–Kier alpha value is -0.340. The van der Waals surface area contributed by atoms with Crippen LogP contribution in [0.1, 0.15) is 0 Å². The quantitative estimate of drug-likeness (QED) is 0.349. The molecule has 1 aliphatic heterocycles. The van der Waals surface area contributed by atoms with Gasteiger partial charge in [-0.25, -0.2) is 0 Å². The molecule has 0 saturated heterocycles. The van der Waals surface area contributed by atoms with Crippen molar-refractivity contribution in [1.29, 1.82) is 0 Å². The minimum Gasteiger partial charge on any atom is -0.624 e. The molecule has 0 aromatic carbocycles. The second-order valence-electron chi connectivity index (χ2n) is 0.736. The molecule has 22 valence electrons. The van der Waals surface area contributed by atoms with E-state index in [0.29, 0.717) is 0 Å². The summed E-state index contributed by atoms with van der Waals surface area (Å²) in [7, 11) is 0. The second-order valence-corrected chi connectivity index (χ2v) is 0.736. The molecule has 0 fully saturated rings. The van der Waals surface area contributed by atoms with E-state index in [9.17, 15) is 5.21 Å². The Balaban J connectivity index is 2.32. The predicted molar refractivity (Wildman–Crippen MR) is 13.5 cm³/mol. The summed E-state index contributed by atoms with van der Waals surface area (Å²) < 4.78 is 0. The van der Waals surface area contributed by atoms with Crippen LogP contribution in [0, 0.1) is 5.21 Å². The first-order valence-electron chi connectivity index (χ1n) is 1.11. The van der Waals surface area contributed by atoms with Gasteiger partial charge in [-0.2, -0.15) is 0 Å². The highest BCUT2D eigenvalue weighted by Crippen LogP contribution is 1.56. The van der Waals surface area contributed by atoms with Crippen molar-refractivity contribution in [3.8, 4) is 0 Å². The van der Waals surface area contributed by atoms with E-state index in [0.717, 1.165) is 0 Å². The van der Waals surface area contributed by atoms with E-state index in [1.165, 1.54) is 12.4 Å². The maximum absolute atomic E-state index is 9.44. The summed E-state index contributed by atoms with van der Waals surface area (Å²) in [5.74, 6) is 0. The van der Waals surface area contributed by atoms with E-state index >= 15 is 0 Å². The highest BCUT2D eigenvalue weighted by Gasteiger charge is 1.94.